The van der Waals surface area contributed by atoms with Gasteiger partial charge in [-0.1, -0.05) is 11.6 Å². The molecule has 1 N–H and O–H groups in total. The summed E-state index contributed by atoms with van der Waals surface area (Å²) in [5, 5.41) is 22.2. The van der Waals surface area contributed by atoms with E-state index in [0.29, 0.717) is 16.7 Å². The zero-order chi connectivity index (χ0) is 16.6. The van der Waals surface area contributed by atoms with Crippen molar-refractivity contribution in [2.24, 2.45) is 0 Å². The van der Waals surface area contributed by atoms with Crippen molar-refractivity contribution in [2.75, 3.05) is 6.61 Å². The van der Waals surface area contributed by atoms with Crippen molar-refractivity contribution in [3.63, 3.8) is 0 Å². The van der Waals surface area contributed by atoms with Crippen molar-refractivity contribution in [1.82, 2.24) is 29.9 Å². The molecule has 0 aromatic carbocycles. The van der Waals surface area contributed by atoms with Crippen LogP contribution < -0.4 is 4.74 Å². The van der Waals surface area contributed by atoms with Gasteiger partial charge in [-0.2, -0.15) is 10.1 Å². The van der Waals surface area contributed by atoms with Gasteiger partial charge in [0.15, 0.2) is 10.8 Å². The molecule has 3 aromatic rings. The number of halogens is 2. The summed E-state index contributed by atoms with van der Waals surface area (Å²) in [6.45, 7) is 1.87. The third-order valence-corrected chi connectivity index (χ3v) is 3.48. The number of rotatable bonds is 5. The molecule has 0 aliphatic heterocycles. The van der Waals surface area contributed by atoms with Crippen LogP contribution in [0, 0.1) is 17.0 Å². The molecule has 12 heteroatoms. The van der Waals surface area contributed by atoms with E-state index in [1.54, 1.807) is 0 Å². The number of hydrogen-bond donors (Lipinski definition) is 1. The second-order valence-corrected chi connectivity index (χ2v) is 5.19. The largest absolute Gasteiger partial charge is 0.470 e. The molecule has 0 saturated carbocycles. The molecule has 0 bridgehead atoms. The first-order valence-electron chi connectivity index (χ1n) is 6.34. The van der Waals surface area contributed by atoms with Gasteiger partial charge < -0.3 is 4.74 Å². The van der Waals surface area contributed by atoms with E-state index in [-0.39, 0.29) is 35.2 Å². The molecule has 0 saturated heterocycles. The van der Waals surface area contributed by atoms with Crippen molar-refractivity contribution in [2.45, 2.75) is 13.5 Å². The summed E-state index contributed by atoms with van der Waals surface area (Å²) in [7, 11) is 0. The van der Waals surface area contributed by atoms with Gasteiger partial charge in [-0.25, -0.2) is 9.67 Å². The molecule has 0 fully saturated rings. The molecule has 120 valence electrons. The quantitative estimate of drug-likeness (QED) is 0.421. The standard InChI is InChI=1S/C11H9Cl2N7O3/c1-5-7(20(21)22)10(17-16-5)23-3-2-19-9-6(8(12)18-19)4-14-11(13)15-9/h4H,2-3H2,1H3,(H,16,17). The van der Waals surface area contributed by atoms with Gasteiger partial charge in [-0.3, -0.25) is 15.2 Å². The van der Waals surface area contributed by atoms with E-state index >= 15 is 0 Å². The highest BCUT2D eigenvalue weighted by Gasteiger charge is 2.23. The number of ether oxygens (including phenoxy) is 1. The Kier molecular flexibility index (Phi) is 4.01. The molecule has 23 heavy (non-hydrogen) atoms. The van der Waals surface area contributed by atoms with E-state index in [2.05, 4.69) is 25.3 Å². The zero-order valence-corrected chi connectivity index (χ0v) is 13.2. The Labute approximate surface area is 138 Å². The number of aromatic amines is 1. The van der Waals surface area contributed by atoms with Gasteiger partial charge in [0, 0.05) is 6.20 Å². The summed E-state index contributed by atoms with van der Waals surface area (Å²) in [4.78, 5) is 18.3. The van der Waals surface area contributed by atoms with Crippen LogP contribution in [0.3, 0.4) is 0 Å². The highest BCUT2D eigenvalue weighted by Crippen LogP contribution is 2.27. The third-order valence-electron chi connectivity index (χ3n) is 3.02. The van der Waals surface area contributed by atoms with Crippen molar-refractivity contribution in [3.05, 3.63) is 32.4 Å². The number of nitrogens with zero attached hydrogens (tertiary/aromatic N) is 6. The fraction of sp³-hybridized carbons (Fsp3) is 0.273. The smallest absolute Gasteiger partial charge is 0.352 e. The van der Waals surface area contributed by atoms with Gasteiger partial charge in [0.25, 0.3) is 0 Å². The zero-order valence-electron chi connectivity index (χ0n) is 11.7. The van der Waals surface area contributed by atoms with Gasteiger partial charge in [0.05, 0.1) is 16.9 Å². The average molecular weight is 358 g/mol. The third kappa shape index (κ3) is 2.90. The van der Waals surface area contributed by atoms with E-state index in [0.717, 1.165) is 0 Å². The summed E-state index contributed by atoms with van der Waals surface area (Å²) >= 11 is 11.8. The van der Waals surface area contributed by atoms with E-state index < -0.39 is 4.92 Å². The van der Waals surface area contributed by atoms with Crippen LogP contribution in [-0.2, 0) is 6.54 Å². The molecule has 3 heterocycles. The van der Waals surface area contributed by atoms with Crippen LogP contribution >= 0.6 is 23.2 Å². The number of nitrogens with one attached hydrogen (secondary N) is 1. The first-order chi connectivity index (χ1) is 11.0. The fourth-order valence-electron chi connectivity index (χ4n) is 2.00. The van der Waals surface area contributed by atoms with Crippen LogP contribution in [0.5, 0.6) is 5.88 Å². The van der Waals surface area contributed by atoms with Gasteiger partial charge in [0.1, 0.15) is 12.3 Å². The molecule has 0 atom stereocenters. The lowest BCUT2D eigenvalue weighted by Crippen LogP contribution is -2.11. The summed E-state index contributed by atoms with van der Waals surface area (Å²) in [6.07, 6.45) is 1.47. The Morgan fingerprint density at radius 3 is 3.00 bits per heavy atom. The molecule has 10 nitrogen and oxygen atoms in total. The molecule has 0 spiro atoms. The Bertz CT molecular complexity index is 891. The molecule has 0 unspecified atom stereocenters. The minimum atomic E-state index is -0.554. The van der Waals surface area contributed by atoms with Crippen LogP contribution in [-0.4, -0.2) is 41.5 Å². The van der Waals surface area contributed by atoms with Crippen molar-refractivity contribution in [3.8, 4) is 5.88 Å². The number of aryl methyl sites for hydroxylation is 1. The molecular formula is C11H9Cl2N7O3. The van der Waals surface area contributed by atoms with E-state index in [1.807, 2.05) is 0 Å². The second kappa shape index (κ2) is 5.97. The molecule has 0 aliphatic rings. The Balaban J connectivity index is 1.77. The normalized spacial score (nSPS) is 11.1. The molecule has 0 radical (unpaired) electrons. The van der Waals surface area contributed by atoms with Gasteiger partial charge >= 0.3 is 11.6 Å². The highest BCUT2D eigenvalue weighted by atomic mass is 35.5. The lowest BCUT2D eigenvalue weighted by molar-refractivity contribution is -0.386. The van der Waals surface area contributed by atoms with Crippen molar-refractivity contribution < 1.29 is 9.66 Å². The summed E-state index contributed by atoms with van der Waals surface area (Å²) < 4.78 is 6.83. The van der Waals surface area contributed by atoms with E-state index in [1.165, 1.54) is 17.8 Å². The summed E-state index contributed by atoms with van der Waals surface area (Å²) in [5.41, 5.74) is 0.571. The Morgan fingerprint density at radius 2 is 2.26 bits per heavy atom. The number of hydrogen-bond acceptors (Lipinski definition) is 7. The molecule has 3 rings (SSSR count). The fourth-order valence-corrected chi connectivity index (χ4v) is 2.36. The minimum absolute atomic E-state index is 0.0646. The predicted molar refractivity (Wildman–Crippen MR) is 80.8 cm³/mol. The number of nitro groups is 1. The summed E-state index contributed by atoms with van der Waals surface area (Å²) in [5.74, 6) is -0.0808. The maximum absolute atomic E-state index is 11.0. The van der Waals surface area contributed by atoms with Gasteiger partial charge in [-0.15, -0.1) is 5.10 Å². The number of aromatic nitrogens is 6. The SMILES string of the molecule is Cc1[nH]nc(OCCn2nc(Cl)c3cnc(Cl)nc32)c1[N+](=O)[O-]. The molecule has 0 amide bonds. The number of H-pyrrole nitrogens is 1. The van der Waals surface area contributed by atoms with E-state index in [4.69, 9.17) is 27.9 Å². The Morgan fingerprint density at radius 1 is 1.48 bits per heavy atom. The monoisotopic (exact) mass is 357 g/mol. The first-order valence-corrected chi connectivity index (χ1v) is 7.09. The highest BCUT2D eigenvalue weighted by molar-refractivity contribution is 6.34. The minimum Gasteiger partial charge on any atom is -0.470 e. The van der Waals surface area contributed by atoms with Crippen LogP contribution in [0.2, 0.25) is 10.4 Å². The maximum atomic E-state index is 11.0. The topological polar surface area (TPSA) is 125 Å². The summed E-state index contributed by atoms with van der Waals surface area (Å²) in [6, 6.07) is 0. The van der Waals surface area contributed by atoms with Gasteiger partial charge in [0.2, 0.25) is 5.28 Å². The maximum Gasteiger partial charge on any atom is 0.352 e. The molecular weight excluding hydrogens is 349 g/mol. The van der Waals surface area contributed by atoms with Crippen LogP contribution in [0.25, 0.3) is 11.0 Å². The average Bonchev–Trinajstić information content (AvgIpc) is 3.00. The lowest BCUT2D eigenvalue weighted by Gasteiger charge is -2.04. The second-order valence-electron chi connectivity index (χ2n) is 4.50. The first kappa shape index (κ1) is 15.4. The van der Waals surface area contributed by atoms with Crippen molar-refractivity contribution in [1.29, 1.82) is 0 Å². The van der Waals surface area contributed by atoms with Crippen LogP contribution in [0.4, 0.5) is 5.69 Å². The molecule has 3 aromatic heterocycles. The lowest BCUT2D eigenvalue weighted by atomic mass is 10.4. The van der Waals surface area contributed by atoms with Gasteiger partial charge in [-0.05, 0) is 18.5 Å². The van der Waals surface area contributed by atoms with Crippen molar-refractivity contribution >= 4 is 39.9 Å². The predicted octanol–water partition coefficient (Wildman–Crippen LogP) is 2.15. The Hall–Kier alpha value is -2.46. The van der Waals surface area contributed by atoms with Crippen LogP contribution in [0.1, 0.15) is 5.69 Å². The van der Waals surface area contributed by atoms with E-state index in [9.17, 15) is 10.1 Å². The number of fused-ring (bicyclic) bond motifs is 1. The van der Waals surface area contributed by atoms with Crippen LogP contribution in [0.15, 0.2) is 6.20 Å². The molecule has 0 aliphatic carbocycles.